The van der Waals surface area contributed by atoms with Crippen molar-refractivity contribution in [2.75, 3.05) is 11.9 Å². The second kappa shape index (κ2) is 6.45. The van der Waals surface area contributed by atoms with Crippen molar-refractivity contribution in [1.82, 2.24) is 5.01 Å². The Morgan fingerprint density at radius 2 is 2.38 bits per heavy atom. The van der Waals surface area contributed by atoms with Crippen molar-refractivity contribution in [3.63, 3.8) is 0 Å². The number of rotatable bonds is 3. The molecule has 1 N–H and O–H groups in total. The van der Waals surface area contributed by atoms with Crippen molar-refractivity contribution >= 4 is 40.8 Å². The van der Waals surface area contributed by atoms with E-state index in [-0.39, 0.29) is 0 Å². The molecule has 0 amide bonds. The quantitative estimate of drug-likeness (QED) is 0.510. The first-order valence-corrected chi connectivity index (χ1v) is 5.78. The summed E-state index contributed by atoms with van der Waals surface area (Å²) in [5, 5.41) is 10.1. The molecule has 0 aliphatic rings. The van der Waals surface area contributed by atoms with E-state index in [4.69, 9.17) is 23.8 Å². The minimum atomic E-state index is 0.558. The minimum absolute atomic E-state index is 0.558. The summed E-state index contributed by atoms with van der Waals surface area (Å²) >= 11 is 11.1. The van der Waals surface area contributed by atoms with Gasteiger partial charge in [0.2, 0.25) is 0 Å². The third-order valence-electron chi connectivity index (χ3n) is 1.86. The zero-order valence-corrected chi connectivity index (χ0v) is 10.8. The number of nitrogens with one attached hydrogen (secondary N) is 1. The number of nitrogens with zero attached hydrogens (tertiary/aromatic N) is 2. The van der Waals surface area contributed by atoms with Crippen LogP contribution in [0.15, 0.2) is 29.4 Å². The molecule has 0 aliphatic heterocycles. The average molecular weight is 256 g/mol. The molecular formula is C11H14ClN3S. The Hall–Kier alpha value is -1.13. The first kappa shape index (κ1) is 12.9. The Morgan fingerprint density at radius 3 is 2.94 bits per heavy atom. The molecule has 0 spiro atoms. The Kier molecular flexibility index (Phi) is 5.22. The maximum absolute atomic E-state index is 5.88. The molecule has 86 valence electrons. The Morgan fingerprint density at radius 1 is 1.62 bits per heavy atom. The molecule has 0 heterocycles. The molecule has 1 aromatic carbocycles. The van der Waals surface area contributed by atoms with Gasteiger partial charge in [-0.25, -0.2) is 5.01 Å². The van der Waals surface area contributed by atoms with Gasteiger partial charge in [-0.3, -0.25) is 0 Å². The minimum Gasteiger partial charge on any atom is -0.331 e. The lowest BCUT2D eigenvalue weighted by Gasteiger charge is -2.18. The highest BCUT2D eigenvalue weighted by molar-refractivity contribution is 7.80. The van der Waals surface area contributed by atoms with Gasteiger partial charge < -0.3 is 5.32 Å². The predicted octanol–water partition coefficient (Wildman–Crippen LogP) is 3.36. The van der Waals surface area contributed by atoms with E-state index < -0.39 is 0 Å². The van der Waals surface area contributed by atoms with Gasteiger partial charge in [-0.1, -0.05) is 17.7 Å². The van der Waals surface area contributed by atoms with Crippen LogP contribution in [0.1, 0.15) is 13.8 Å². The van der Waals surface area contributed by atoms with Crippen molar-refractivity contribution < 1.29 is 0 Å². The summed E-state index contributed by atoms with van der Waals surface area (Å²) in [6, 6.07) is 7.41. The van der Waals surface area contributed by atoms with E-state index in [0.717, 1.165) is 12.2 Å². The van der Waals surface area contributed by atoms with E-state index >= 15 is 0 Å². The van der Waals surface area contributed by atoms with Gasteiger partial charge in [-0.2, -0.15) is 5.10 Å². The molecule has 0 aliphatic carbocycles. The van der Waals surface area contributed by atoms with E-state index in [9.17, 15) is 0 Å². The summed E-state index contributed by atoms with van der Waals surface area (Å²) < 4.78 is 0. The number of anilines is 1. The second-order valence-electron chi connectivity index (χ2n) is 3.03. The van der Waals surface area contributed by atoms with Crippen LogP contribution in [0.5, 0.6) is 0 Å². The predicted molar refractivity (Wildman–Crippen MR) is 74.2 cm³/mol. The van der Waals surface area contributed by atoms with Crippen molar-refractivity contribution in [3.05, 3.63) is 29.3 Å². The molecule has 0 saturated heterocycles. The van der Waals surface area contributed by atoms with Crippen molar-refractivity contribution in [1.29, 1.82) is 0 Å². The van der Waals surface area contributed by atoms with Crippen LogP contribution in [-0.2, 0) is 0 Å². The van der Waals surface area contributed by atoms with Gasteiger partial charge in [-0.05, 0) is 44.3 Å². The molecule has 0 radical (unpaired) electrons. The third kappa shape index (κ3) is 3.79. The van der Waals surface area contributed by atoms with Crippen LogP contribution in [0.3, 0.4) is 0 Å². The molecule has 0 fully saturated rings. The Bertz CT molecular complexity index is 393. The van der Waals surface area contributed by atoms with Crippen LogP contribution >= 0.6 is 23.8 Å². The summed E-state index contributed by atoms with van der Waals surface area (Å²) in [6.45, 7) is 4.56. The van der Waals surface area contributed by atoms with Gasteiger partial charge in [0, 0.05) is 23.5 Å². The molecule has 1 aromatic rings. The smallest absolute Gasteiger partial charge is 0.194 e. The van der Waals surface area contributed by atoms with Crippen molar-refractivity contribution in [2.45, 2.75) is 13.8 Å². The van der Waals surface area contributed by atoms with Crippen LogP contribution in [0.4, 0.5) is 5.69 Å². The number of hydrazone groups is 1. The van der Waals surface area contributed by atoms with E-state index in [1.165, 1.54) is 0 Å². The molecule has 1 rings (SSSR count). The first-order chi connectivity index (χ1) is 7.67. The van der Waals surface area contributed by atoms with Gasteiger partial charge in [0.05, 0.1) is 0 Å². The monoisotopic (exact) mass is 255 g/mol. The normalized spacial score (nSPS) is 10.4. The summed E-state index contributed by atoms with van der Waals surface area (Å²) in [6.07, 6.45) is 1.70. The lowest BCUT2D eigenvalue weighted by molar-refractivity contribution is 0.480. The SMILES string of the molecule is C/C=N/N(CC)C(=S)Nc1cccc(Cl)c1. The first-order valence-electron chi connectivity index (χ1n) is 5.00. The van der Waals surface area contributed by atoms with Gasteiger partial charge in [0.15, 0.2) is 5.11 Å². The van der Waals surface area contributed by atoms with Crippen LogP contribution in [-0.4, -0.2) is 22.9 Å². The van der Waals surface area contributed by atoms with Gasteiger partial charge in [-0.15, -0.1) is 0 Å². The number of benzene rings is 1. The highest BCUT2D eigenvalue weighted by atomic mass is 35.5. The van der Waals surface area contributed by atoms with Crippen LogP contribution in [0, 0.1) is 0 Å². The fourth-order valence-corrected chi connectivity index (χ4v) is 1.66. The zero-order chi connectivity index (χ0) is 12.0. The maximum atomic E-state index is 5.88. The summed E-state index contributed by atoms with van der Waals surface area (Å²) in [4.78, 5) is 0. The Balaban J connectivity index is 2.70. The highest BCUT2D eigenvalue weighted by Gasteiger charge is 2.05. The molecule has 0 bridgehead atoms. The zero-order valence-electron chi connectivity index (χ0n) is 9.27. The van der Waals surface area contributed by atoms with Crippen molar-refractivity contribution in [2.24, 2.45) is 5.10 Å². The van der Waals surface area contributed by atoms with Gasteiger partial charge in [0.25, 0.3) is 0 Å². The maximum Gasteiger partial charge on any atom is 0.194 e. The fraction of sp³-hybridized carbons (Fsp3) is 0.273. The number of hydrogen-bond acceptors (Lipinski definition) is 2. The summed E-state index contributed by atoms with van der Waals surface area (Å²) in [5.74, 6) is 0. The highest BCUT2D eigenvalue weighted by Crippen LogP contribution is 2.15. The molecular weight excluding hydrogens is 242 g/mol. The Labute approximate surface area is 106 Å². The number of thiocarbonyl (C=S) groups is 1. The van der Waals surface area contributed by atoms with Crippen LogP contribution < -0.4 is 5.32 Å². The number of halogens is 1. The molecule has 0 saturated carbocycles. The fourth-order valence-electron chi connectivity index (χ4n) is 1.17. The largest absolute Gasteiger partial charge is 0.331 e. The standard InChI is InChI=1S/C11H14ClN3S/c1-3-13-15(4-2)11(16)14-10-7-5-6-9(12)8-10/h3,5-8H,4H2,1-2H3,(H,14,16)/b13-3+. The topological polar surface area (TPSA) is 27.6 Å². The van der Waals surface area contributed by atoms with Crippen LogP contribution in [0.25, 0.3) is 0 Å². The van der Waals surface area contributed by atoms with E-state index in [0.29, 0.717) is 10.1 Å². The average Bonchev–Trinajstić information content (AvgIpc) is 2.25. The van der Waals surface area contributed by atoms with Gasteiger partial charge in [0.1, 0.15) is 0 Å². The summed E-state index contributed by atoms with van der Waals surface area (Å²) in [5.41, 5.74) is 0.863. The van der Waals surface area contributed by atoms with E-state index in [1.807, 2.05) is 38.1 Å². The second-order valence-corrected chi connectivity index (χ2v) is 3.85. The lowest BCUT2D eigenvalue weighted by atomic mass is 10.3. The molecule has 0 unspecified atom stereocenters. The number of hydrogen-bond donors (Lipinski definition) is 1. The third-order valence-corrected chi connectivity index (χ3v) is 2.41. The lowest BCUT2D eigenvalue weighted by Crippen LogP contribution is -2.30. The van der Waals surface area contributed by atoms with E-state index in [1.54, 1.807) is 11.2 Å². The molecule has 0 atom stereocenters. The van der Waals surface area contributed by atoms with E-state index in [2.05, 4.69) is 10.4 Å². The van der Waals surface area contributed by atoms with Crippen LogP contribution in [0.2, 0.25) is 5.02 Å². The molecule has 3 nitrogen and oxygen atoms in total. The van der Waals surface area contributed by atoms with Gasteiger partial charge >= 0.3 is 0 Å². The molecule has 16 heavy (non-hydrogen) atoms. The molecule has 5 heteroatoms. The van der Waals surface area contributed by atoms with Crippen molar-refractivity contribution in [3.8, 4) is 0 Å². The summed E-state index contributed by atoms with van der Waals surface area (Å²) in [7, 11) is 0. The molecule has 0 aromatic heterocycles.